The molecule has 0 radical (unpaired) electrons. The zero-order valence-corrected chi connectivity index (χ0v) is 13.8. The molecule has 1 unspecified atom stereocenters. The molecule has 0 aliphatic rings. The van der Waals surface area contributed by atoms with Gasteiger partial charge in [-0.05, 0) is 49.2 Å². The molecule has 0 saturated carbocycles. The molecule has 5 heteroatoms. The molecule has 0 saturated heterocycles. The van der Waals surface area contributed by atoms with E-state index in [-0.39, 0.29) is 6.61 Å². The molecule has 1 atom stereocenters. The van der Waals surface area contributed by atoms with Gasteiger partial charge < -0.3 is 19.6 Å². The van der Waals surface area contributed by atoms with Gasteiger partial charge >= 0.3 is 0 Å². The van der Waals surface area contributed by atoms with Crippen LogP contribution in [0.2, 0.25) is 0 Å². The van der Waals surface area contributed by atoms with Crippen molar-refractivity contribution < 1.29 is 14.3 Å². The van der Waals surface area contributed by atoms with Crippen LogP contribution < -0.4 is 5.32 Å². The van der Waals surface area contributed by atoms with Crippen molar-refractivity contribution in [2.75, 3.05) is 18.5 Å². The van der Waals surface area contributed by atoms with Gasteiger partial charge in [0.1, 0.15) is 12.4 Å². The predicted octanol–water partition coefficient (Wildman–Crippen LogP) is 3.65. The number of aryl methyl sites for hydroxylation is 2. The summed E-state index contributed by atoms with van der Waals surface area (Å²) in [5.41, 5.74) is 3.35. The molecular weight excluding hydrogens is 334 g/mol. The highest BCUT2D eigenvalue weighted by Crippen LogP contribution is 2.24. The number of anilines is 1. The van der Waals surface area contributed by atoms with Gasteiger partial charge in [0.15, 0.2) is 0 Å². The first-order valence-corrected chi connectivity index (χ1v) is 7.64. The SMILES string of the molecule is Cc1cc(Br)cc(C)c1NCC(O)COCc1ccco1. The van der Waals surface area contributed by atoms with Gasteiger partial charge in [0.25, 0.3) is 0 Å². The fraction of sp³-hybridized carbons (Fsp3) is 0.375. The highest BCUT2D eigenvalue weighted by molar-refractivity contribution is 9.10. The second-order valence-electron chi connectivity index (χ2n) is 5.04. The molecule has 114 valence electrons. The van der Waals surface area contributed by atoms with Crippen LogP contribution in [0, 0.1) is 13.8 Å². The highest BCUT2D eigenvalue weighted by Gasteiger charge is 2.08. The molecule has 0 fully saturated rings. The monoisotopic (exact) mass is 353 g/mol. The van der Waals surface area contributed by atoms with Crippen molar-refractivity contribution in [3.8, 4) is 0 Å². The van der Waals surface area contributed by atoms with Crippen molar-refractivity contribution in [3.63, 3.8) is 0 Å². The number of halogens is 1. The Morgan fingerprint density at radius 2 is 2.05 bits per heavy atom. The van der Waals surface area contributed by atoms with Crippen molar-refractivity contribution in [2.45, 2.75) is 26.6 Å². The zero-order chi connectivity index (χ0) is 15.2. The van der Waals surface area contributed by atoms with Crippen LogP contribution in [0.4, 0.5) is 5.69 Å². The maximum Gasteiger partial charge on any atom is 0.129 e. The second kappa shape index (κ2) is 7.64. The molecule has 2 aromatic rings. The Bertz CT molecular complexity index is 546. The fourth-order valence-corrected chi connectivity index (χ4v) is 2.85. The van der Waals surface area contributed by atoms with Gasteiger partial charge in [0.05, 0.1) is 19.0 Å². The lowest BCUT2D eigenvalue weighted by atomic mass is 10.1. The molecule has 1 aromatic carbocycles. The minimum atomic E-state index is -0.567. The topological polar surface area (TPSA) is 54.6 Å². The minimum Gasteiger partial charge on any atom is -0.467 e. The van der Waals surface area contributed by atoms with E-state index in [0.717, 1.165) is 27.0 Å². The van der Waals surface area contributed by atoms with Crippen LogP contribution in [-0.4, -0.2) is 24.4 Å². The summed E-state index contributed by atoms with van der Waals surface area (Å²) in [6, 6.07) is 7.76. The molecule has 0 amide bonds. The highest BCUT2D eigenvalue weighted by atomic mass is 79.9. The largest absolute Gasteiger partial charge is 0.467 e. The van der Waals surface area contributed by atoms with Gasteiger partial charge in [-0.2, -0.15) is 0 Å². The molecule has 1 heterocycles. The third-order valence-corrected chi connectivity index (χ3v) is 3.60. The molecule has 0 spiro atoms. The maximum atomic E-state index is 9.95. The number of hydrogen-bond acceptors (Lipinski definition) is 4. The van der Waals surface area contributed by atoms with Crippen molar-refractivity contribution in [2.24, 2.45) is 0 Å². The molecule has 0 aliphatic heterocycles. The molecule has 4 nitrogen and oxygen atoms in total. The molecule has 21 heavy (non-hydrogen) atoms. The average Bonchev–Trinajstić information content (AvgIpc) is 2.90. The fourth-order valence-electron chi connectivity index (χ4n) is 2.16. The number of rotatable bonds is 7. The summed E-state index contributed by atoms with van der Waals surface area (Å²) >= 11 is 3.47. The normalized spacial score (nSPS) is 12.4. The molecule has 1 aromatic heterocycles. The standard InChI is InChI=1S/C16H20BrNO3/c1-11-6-13(17)7-12(2)16(11)18-8-14(19)9-20-10-15-4-3-5-21-15/h3-7,14,18-19H,8-10H2,1-2H3. The molecule has 2 rings (SSSR count). The average molecular weight is 354 g/mol. The Kier molecular flexibility index (Phi) is 5.85. The Morgan fingerprint density at radius 3 is 2.67 bits per heavy atom. The van der Waals surface area contributed by atoms with Crippen molar-refractivity contribution >= 4 is 21.6 Å². The zero-order valence-electron chi connectivity index (χ0n) is 12.2. The number of benzene rings is 1. The van der Waals surface area contributed by atoms with Crippen LogP contribution in [0.15, 0.2) is 39.4 Å². The summed E-state index contributed by atoms with van der Waals surface area (Å²) in [7, 11) is 0. The third kappa shape index (κ3) is 4.88. The van der Waals surface area contributed by atoms with Crippen molar-refractivity contribution in [3.05, 3.63) is 51.9 Å². The molecule has 0 aliphatic carbocycles. The van der Waals surface area contributed by atoms with Gasteiger partial charge in [-0.1, -0.05) is 15.9 Å². The molecule has 0 bridgehead atoms. The van der Waals surface area contributed by atoms with E-state index >= 15 is 0 Å². The number of furan rings is 1. The second-order valence-corrected chi connectivity index (χ2v) is 5.96. The summed E-state index contributed by atoms with van der Waals surface area (Å²) in [5, 5.41) is 13.2. The lowest BCUT2D eigenvalue weighted by molar-refractivity contribution is 0.0282. The van der Waals surface area contributed by atoms with Crippen LogP contribution in [0.3, 0.4) is 0 Å². The predicted molar refractivity (Wildman–Crippen MR) is 86.5 cm³/mol. The van der Waals surface area contributed by atoms with Gasteiger partial charge in [0, 0.05) is 16.7 Å². The van der Waals surface area contributed by atoms with E-state index in [0.29, 0.717) is 13.2 Å². The third-order valence-electron chi connectivity index (χ3n) is 3.15. The quantitative estimate of drug-likeness (QED) is 0.797. The summed E-state index contributed by atoms with van der Waals surface area (Å²) < 4.78 is 11.6. The van der Waals surface area contributed by atoms with E-state index in [1.165, 1.54) is 0 Å². The number of nitrogens with one attached hydrogen (secondary N) is 1. The Hall–Kier alpha value is -1.30. The number of aliphatic hydroxyl groups is 1. The van der Waals surface area contributed by atoms with Gasteiger partial charge in [-0.3, -0.25) is 0 Å². The number of ether oxygens (including phenoxy) is 1. The van der Waals surface area contributed by atoms with Crippen LogP contribution in [0.1, 0.15) is 16.9 Å². The van der Waals surface area contributed by atoms with Gasteiger partial charge in [0.2, 0.25) is 0 Å². The Balaban J connectivity index is 1.77. The van der Waals surface area contributed by atoms with E-state index in [2.05, 4.69) is 33.4 Å². The summed E-state index contributed by atoms with van der Waals surface area (Å²) in [4.78, 5) is 0. The van der Waals surface area contributed by atoms with E-state index in [1.54, 1.807) is 6.26 Å². The van der Waals surface area contributed by atoms with E-state index in [4.69, 9.17) is 9.15 Å². The Labute approximate surface area is 133 Å². The lowest BCUT2D eigenvalue weighted by Crippen LogP contribution is -2.25. The van der Waals surface area contributed by atoms with E-state index in [9.17, 15) is 5.11 Å². The molecular formula is C16H20BrNO3. The first-order chi connectivity index (χ1) is 10.1. The van der Waals surface area contributed by atoms with E-state index < -0.39 is 6.10 Å². The Morgan fingerprint density at radius 1 is 1.33 bits per heavy atom. The van der Waals surface area contributed by atoms with E-state index in [1.807, 2.05) is 26.0 Å². The number of aliphatic hydroxyl groups excluding tert-OH is 1. The molecule has 2 N–H and O–H groups in total. The summed E-state index contributed by atoms with van der Waals surface area (Å²) in [5.74, 6) is 0.759. The van der Waals surface area contributed by atoms with Gasteiger partial charge in [-0.15, -0.1) is 0 Å². The maximum absolute atomic E-state index is 9.95. The number of hydrogen-bond donors (Lipinski definition) is 2. The lowest BCUT2D eigenvalue weighted by Gasteiger charge is -2.16. The summed E-state index contributed by atoms with van der Waals surface area (Å²) in [6.07, 6.45) is 1.04. The minimum absolute atomic E-state index is 0.266. The first-order valence-electron chi connectivity index (χ1n) is 6.85. The van der Waals surface area contributed by atoms with Crippen LogP contribution in [0.25, 0.3) is 0 Å². The smallest absolute Gasteiger partial charge is 0.129 e. The van der Waals surface area contributed by atoms with Gasteiger partial charge in [-0.25, -0.2) is 0 Å². The van der Waals surface area contributed by atoms with Crippen LogP contribution in [0.5, 0.6) is 0 Å². The van der Waals surface area contributed by atoms with Crippen LogP contribution >= 0.6 is 15.9 Å². The van der Waals surface area contributed by atoms with Crippen LogP contribution in [-0.2, 0) is 11.3 Å². The van der Waals surface area contributed by atoms with Crippen molar-refractivity contribution in [1.82, 2.24) is 0 Å². The summed E-state index contributed by atoms with van der Waals surface area (Å²) in [6.45, 7) is 5.17. The first kappa shape index (κ1) is 16.1. The van der Waals surface area contributed by atoms with Crippen molar-refractivity contribution in [1.29, 1.82) is 0 Å².